The van der Waals surface area contributed by atoms with E-state index in [1.54, 1.807) is 0 Å². The van der Waals surface area contributed by atoms with Gasteiger partial charge in [-0.15, -0.1) is 0 Å². The van der Waals surface area contributed by atoms with Gasteiger partial charge in [-0.25, -0.2) is 0 Å². The third-order valence-corrected chi connectivity index (χ3v) is 14.4. The highest BCUT2D eigenvalue weighted by Crippen LogP contribution is 2.53. The monoisotopic (exact) mass is 846 g/mol. The largest absolute Gasteiger partial charge is 0.310 e. The van der Waals surface area contributed by atoms with Gasteiger partial charge in [0.15, 0.2) is 0 Å². The Kier molecular flexibility index (Phi) is 9.22. The first-order valence-electron chi connectivity index (χ1n) is 23.2. The maximum absolute atomic E-state index is 2.45. The molecule has 2 aliphatic rings. The molecule has 0 N–H and O–H groups in total. The third kappa shape index (κ3) is 6.31. The average Bonchev–Trinajstić information content (AvgIpc) is 3.91. The normalized spacial score (nSPS) is 13.9. The van der Waals surface area contributed by atoms with Gasteiger partial charge in [-0.1, -0.05) is 198 Å². The highest BCUT2D eigenvalue weighted by molar-refractivity contribution is 6.06. The average molecular weight is 847 g/mol. The molecule has 0 aliphatic heterocycles. The van der Waals surface area contributed by atoms with Crippen molar-refractivity contribution in [2.75, 3.05) is 4.90 Å². The molecule has 0 radical (unpaired) electrons. The molecule has 0 amide bonds. The van der Waals surface area contributed by atoms with Crippen molar-refractivity contribution >= 4 is 40.1 Å². The molecule has 2 nitrogen and oxygen atoms in total. The van der Waals surface area contributed by atoms with Crippen LogP contribution in [0.3, 0.4) is 0 Å². The fourth-order valence-corrected chi connectivity index (χ4v) is 11.1. The third-order valence-electron chi connectivity index (χ3n) is 14.4. The van der Waals surface area contributed by atoms with E-state index in [1.165, 1.54) is 77.8 Å². The van der Waals surface area contributed by atoms with Crippen LogP contribution in [0.15, 0.2) is 218 Å². The number of hydrogen-bond acceptors (Lipinski definition) is 1. The van der Waals surface area contributed by atoms with Gasteiger partial charge in [0.2, 0.25) is 0 Å². The molecule has 0 unspecified atom stereocenters. The predicted octanol–water partition coefficient (Wildman–Crippen LogP) is 17.2. The van der Waals surface area contributed by atoms with E-state index < -0.39 is 0 Å². The summed E-state index contributed by atoms with van der Waals surface area (Å²) in [7, 11) is 0. The van der Waals surface area contributed by atoms with Crippen LogP contribution >= 0.6 is 0 Å². The van der Waals surface area contributed by atoms with E-state index in [9.17, 15) is 0 Å². The SMILES string of the molecule is CC1(C)c2ccccc2-c2ccc(N(c3ccc(C=Cc4ccc5c(c4)c(-c4ccccc4)c(-c4ccccc4)n5-c4ccccc4)cc3)c3ccc4c(c3)C(C)(C)c3ccccc3-4)cc21. The van der Waals surface area contributed by atoms with E-state index >= 15 is 0 Å². The molecule has 0 saturated carbocycles. The maximum atomic E-state index is 2.45. The number of aromatic nitrogens is 1. The number of anilines is 3. The first-order chi connectivity index (χ1) is 32.3. The fourth-order valence-electron chi connectivity index (χ4n) is 11.1. The van der Waals surface area contributed by atoms with E-state index in [0.29, 0.717) is 0 Å². The van der Waals surface area contributed by atoms with Crippen molar-refractivity contribution in [1.29, 1.82) is 0 Å². The zero-order valence-corrected chi connectivity index (χ0v) is 37.8. The van der Waals surface area contributed by atoms with E-state index in [0.717, 1.165) is 33.9 Å². The molecule has 2 heteroatoms. The van der Waals surface area contributed by atoms with Crippen LogP contribution in [-0.4, -0.2) is 4.57 Å². The number of nitrogens with zero attached hydrogens (tertiary/aromatic N) is 2. The van der Waals surface area contributed by atoms with Gasteiger partial charge in [0.05, 0.1) is 11.2 Å². The Morgan fingerprint density at radius 3 is 1.41 bits per heavy atom. The second kappa shape index (κ2) is 15.4. The Hall–Kier alpha value is -7.94. The van der Waals surface area contributed by atoms with Crippen molar-refractivity contribution in [3.63, 3.8) is 0 Å². The van der Waals surface area contributed by atoms with Crippen LogP contribution in [0.4, 0.5) is 17.1 Å². The van der Waals surface area contributed by atoms with Crippen LogP contribution in [0, 0.1) is 0 Å². The van der Waals surface area contributed by atoms with Crippen molar-refractivity contribution in [1.82, 2.24) is 4.57 Å². The smallest absolute Gasteiger partial charge is 0.0619 e. The molecule has 1 heterocycles. The van der Waals surface area contributed by atoms with Gasteiger partial charge in [0.25, 0.3) is 0 Å². The number of benzene rings is 9. The standard InChI is InChI=1S/C64H50N2/c1-63(2)56-26-16-14-24-51(56)53-37-35-49(41-58(53)63)65(50-36-38-54-52-25-15-17-27-57(52)64(3,4)59(54)42-50)48-33-30-43(31-34-48)28-29-44-32-39-60-55(40-44)61(45-18-8-5-9-19-45)62(46-20-10-6-11-21-46)66(60)47-22-12-7-13-23-47/h5-42H,1-4H3. The molecule has 0 bridgehead atoms. The van der Waals surface area contributed by atoms with Crippen LogP contribution < -0.4 is 4.90 Å². The quantitative estimate of drug-likeness (QED) is 0.138. The first-order valence-corrected chi connectivity index (χ1v) is 23.2. The summed E-state index contributed by atoms with van der Waals surface area (Å²) in [6, 6.07) is 80.3. The first kappa shape index (κ1) is 39.6. The molecule has 10 aromatic rings. The molecule has 9 aromatic carbocycles. The zero-order valence-electron chi connectivity index (χ0n) is 37.8. The van der Waals surface area contributed by atoms with Crippen molar-refractivity contribution in [2.24, 2.45) is 0 Å². The van der Waals surface area contributed by atoms with Crippen molar-refractivity contribution in [3.8, 4) is 50.3 Å². The van der Waals surface area contributed by atoms with Gasteiger partial charge in [-0.05, 0) is 127 Å². The lowest BCUT2D eigenvalue weighted by molar-refractivity contribution is 0.660. The molecule has 0 spiro atoms. The minimum Gasteiger partial charge on any atom is -0.310 e. The van der Waals surface area contributed by atoms with Crippen LogP contribution in [0.25, 0.3) is 73.4 Å². The Labute approximate surface area is 388 Å². The number of hydrogen-bond donors (Lipinski definition) is 0. The number of rotatable bonds is 8. The fraction of sp³-hybridized carbons (Fsp3) is 0.0938. The predicted molar refractivity (Wildman–Crippen MR) is 279 cm³/mol. The maximum Gasteiger partial charge on any atom is 0.0619 e. The molecular formula is C64H50N2. The van der Waals surface area contributed by atoms with Gasteiger partial charge in [-0.2, -0.15) is 0 Å². The van der Waals surface area contributed by atoms with Crippen molar-refractivity contribution in [3.05, 3.63) is 252 Å². The Balaban J connectivity index is 0.946. The molecule has 66 heavy (non-hydrogen) atoms. The van der Waals surface area contributed by atoms with Crippen LogP contribution in [0.2, 0.25) is 0 Å². The van der Waals surface area contributed by atoms with Crippen molar-refractivity contribution in [2.45, 2.75) is 38.5 Å². The van der Waals surface area contributed by atoms with Gasteiger partial charge >= 0.3 is 0 Å². The highest BCUT2D eigenvalue weighted by Gasteiger charge is 2.37. The van der Waals surface area contributed by atoms with E-state index in [1.807, 2.05) is 0 Å². The summed E-state index contributed by atoms with van der Waals surface area (Å²) in [5, 5.41) is 1.22. The highest BCUT2D eigenvalue weighted by atomic mass is 15.1. The zero-order chi connectivity index (χ0) is 44.6. The Morgan fingerprint density at radius 2 is 0.833 bits per heavy atom. The minimum atomic E-state index is -0.109. The molecule has 1 aromatic heterocycles. The lowest BCUT2D eigenvalue weighted by atomic mass is 9.82. The van der Waals surface area contributed by atoms with Gasteiger partial charge < -0.3 is 9.47 Å². The van der Waals surface area contributed by atoms with E-state index in [-0.39, 0.29) is 10.8 Å². The van der Waals surface area contributed by atoms with E-state index in [2.05, 4.69) is 268 Å². The number of para-hydroxylation sites is 1. The molecule has 0 saturated heterocycles. The Morgan fingerprint density at radius 1 is 0.379 bits per heavy atom. The summed E-state index contributed by atoms with van der Waals surface area (Å²) in [6.45, 7) is 9.46. The molecule has 316 valence electrons. The van der Waals surface area contributed by atoms with Crippen LogP contribution in [0.1, 0.15) is 61.1 Å². The molecule has 2 aliphatic carbocycles. The minimum absolute atomic E-state index is 0.109. The topological polar surface area (TPSA) is 8.17 Å². The second-order valence-corrected chi connectivity index (χ2v) is 19.0. The summed E-state index contributed by atoms with van der Waals surface area (Å²) in [4.78, 5) is 2.45. The summed E-state index contributed by atoms with van der Waals surface area (Å²) >= 11 is 0. The van der Waals surface area contributed by atoms with Crippen LogP contribution in [-0.2, 0) is 10.8 Å². The molecule has 0 fully saturated rings. The van der Waals surface area contributed by atoms with Gasteiger partial charge in [0.1, 0.15) is 0 Å². The summed E-state index contributed by atoms with van der Waals surface area (Å²) in [5.41, 5.74) is 23.5. The summed E-state index contributed by atoms with van der Waals surface area (Å²) < 4.78 is 2.42. The molecule has 12 rings (SSSR count). The summed E-state index contributed by atoms with van der Waals surface area (Å²) in [5.74, 6) is 0. The molecular weight excluding hydrogens is 797 g/mol. The lowest BCUT2D eigenvalue weighted by Gasteiger charge is -2.29. The van der Waals surface area contributed by atoms with Crippen molar-refractivity contribution < 1.29 is 0 Å². The van der Waals surface area contributed by atoms with E-state index in [4.69, 9.17) is 0 Å². The summed E-state index contributed by atoms with van der Waals surface area (Å²) in [6.07, 6.45) is 4.50. The second-order valence-electron chi connectivity index (χ2n) is 19.0. The van der Waals surface area contributed by atoms with Gasteiger partial charge in [0, 0.05) is 44.5 Å². The Bertz CT molecular complexity index is 3390. The van der Waals surface area contributed by atoms with Crippen LogP contribution in [0.5, 0.6) is 0 Å². The molecule has 0 atom stereocenters. The lowest BCUT2D eigenvalue weighted by Crippen LogP contribution is -2.18. The van der Waals surface area contributed by atoms with Gasteiger partial charge in [-0.3, -0.25) is 0 Å². The number of fused-ring (bicyclic) bond motifs is 7.